The Bertz CT molecular complexity index is 567. The van der Waals surface area contributed by atoms with Gasteiger partial charge in [-0.1, -0.05) is 0 Å². The first-order valence-electron chi connectivity index (χ1n) is 6.03. The third-order valence-electron chi connectivity index (χ3n) is 3.26. The fraction of sp³-hybridized carbons (Fsp3) is 0.583. The number of thiophene rings is 1. The van der Waals surface area contributed by atoms with E-state index in [4.69, 9.17) is 0 Å². The summed E-state index contributed by atoms with van der Waals surface area (Å²) in [5.41, 5.74) is 1.09. The van der Waals surface area contributed by atoms with Gasteiger partial charge in [0.05, 0.1) is 15.3 Å². The molecule has 0 aromatic carbocycles. The Labute approximate surface area is 125 Å². The van der Waals surface area contributed by atoms with E-state index in [0.717, 1.165) is 9.35 Å². The van der Waals surface area contributed by atoms with Gasteiger partial charge < -0.3 is 4.90 Å². The highest BCUT2D eigenvalue weighted by atomic mass is 79.9. The predicted molar refractivity (Wildman–Crippen MR) is 79.9 cm³/mol. The Morgan fingerprint density at radius 3 is 2.84 bits per heavy atom. The minimum atomic E-state index is -2.90. The van der Waals surface area contributed by atoms with Crippen LogP contribution in [0.3, 0.4) is 0 Å². The number of rotatable bonds is 4. The monoisotopic (exact) mass is 365 g/mol. The van der Waals surface area contributed by atoms with Crippen molar-refractivity contribution in [3.63, 3.8) is 0 Å². The number of carbonyl (C=O) groups excluding carboxylic acids is 1. The summed E-state index contributed by atoms with van der Waals surface area (Å²) < 4.78 is 23.8. The molecule has 0 radical (unpaired) electrons. The van der Waals surface area contributed by atoms with E-state index in [1.807, 2.05) is 11.4 Å². The summed E-state index contributed by atoms with van der Waals surface area (Å²) in [5.74, 6) is 0.404. The molecule has 0 saturated carbocycles. The third-order valence-corrected chi connectivity index (χ3v) is 6.65. The molecular weight excluding hydrogens is 350 g/mol. The van der Waals surface area contributed by atoms with Crippen LogP contribution in [-0.4, -0.2) is 37.8 Å². The predicted octanol–water partition coefficient (Wildman–Crippen LogP) is 2.29. The van der Waals surface area contributed by atoms with Crippen LogP contribution < -0.4 is 0 Å². The maximum atomic E-state index is 12.0. The van der Waals surface area contributed by atoms with Crippen molar-refractivity contribution in [2.75, 3.05) is 18.6 Å². The molecule has 0 N–H and O–H groups in total. The number of hydrogen-bond acceptors (Lipinski definition) is 4. The maximum absolute atomic E-state index is 12.0. The molecule has 106 valence electrons. The van der Waals surface area contributed by atoms with E-state index >= 15 is 0 Å². The van der Waals surface area contributed by atoms with E-state index in [1.54, 1.807) is 23.3 Å². The lowest BCUT2D eigenvalue weighted by molar-refractivity contribution is -0.131. The molecule has 2 rings (SSSR count). The van der Waals surface area contributed by atoms with Gasteiger partial charge in [-0.25, -0.2) is 8.42 Å². The van der Waals surface area contributed by atoms with Gasteiger partial charge in [0.2, 0.25) is 5.91 Å². The van der Waals surface area contributed by atoms with Crippen molar-refractivity contribution in [3.05, 3.63) is 20.8 Å². The van der Waals surface area contributed by atoms with E-state index in [0.29, 0.717) is 19.4 Å². The SMILES string of the molecule is CN(Cc1csc(Br)c1)C(=O)CC1CCS(=O)(=O)C1. The lowest BCUT2D eigenvalue weighted by atomic mass is 10.0. The fourth-order valence-corrected chi connectivity index (χ4v) is 5.29. The molecule has 4 nitrogen and oxygen atoms in total. The fourth-order valence-electron chi connectivity index (χ4n) is 2.23. The topological polar surface area (TPSA) is 54.5 Å². The Morgan fingerprint density at radius 1 is 1.58 bits per heavy atom. The van der Waals surface area contributed by atoms with E-state index in [2.05, 4.69) is 15.9 Å². The molecule has 7 heteroatoms. The smallest absolute Gasteiger partial charge is 0.222 e. The Hall–Kier alpha value is -0.400. The molecule has 2 heterocycles. The average Bonchev–Trinajstić information content (AvgIpc) is 2.85. The number of sulfone groups is 1. The largest absolute Gasteiger partial charge is 0.341 e. The molecule has 1 aliphatic heterocycles. The van der Waals surface area contributed by atoms with Crippen LogP contribution in [-0.2, 0) is 21.2 Å². The minimum absolute atomic E-state index is 0.00541. The summed E-state index contributed by atoms with van der Waals surface area (Å²) >= 11 is 4.98. The molecule has 1 amide bonds. The van der Waals surface area contributed by atoms with Gasteiger partial charge in [0.1, 0.15) is 0 Å². The molecule has 1 aliphatic rings. The van der Waals surface area contributed by atoms with Crippen LogP contribution in [0.15, 0.2) is 15.2 Å². The van der Waals surface area contributed by atoms with Gasteiger partial charge in [-0.3, -0.25) is 4.79 Å². The van der Waals surface area contributed by atoms with Crippen LogP contribution >= 0.6 is 27.3 Å². The van der Waals surface area contributed by atoms with Gasteiger partial charge in [-0.2, -0.15) is 0 Å². The minimum Gasteiger partial charge on any atom is -0.341 e. The first-order valence-corrected chi connectivity index (χ1v) is 9.52. The maximum Gasteiger partial charge on any atom is 0.222 e. The van der Waals surface area contributed by atoms with Crippen LogP contribution in [0.4, 0.5) is 0 Å². The van der Waals surface area contributed by atoms with Crippen LogP contribution in [0.5, 0.6) is 0 Å². The van der Waals surface area contributed by atoms with Crippen LogP contribution in [0.1, 0.15) is 18.4 Å². The molecule has 1 unspecified atom stereocenters. The van der Waals surface area contributed by atoms with Gasteiger partial charge in [-0.15, -0.1) is 11.3 Å². The summed E-state index contributed by atoms with van der Waals surface area (Å²) in [6, 6.07) is 1.99. The molecule has 0 bridgehead atoms. The normalized spacial score (nSPS) is 21.5. The van der Waals surface area contributed by atoms with Gasteiger partial charge in [0, 0.05) is 20.0 Å². The lowest BCUT2D eigenvalue weighted by Crippen LogP contribution is -2.28. The van der Waals surface area contributed by atoms with Gasteiger partial charge in [0.15, 0.2) is 9.84 Å². The highest BCUT2D eigenvalue weighted by Crippen LogP contribution is 2.24. The molecule has 1 saturated heterocycles. The van der Waals surface area contributed by atoms with Crippen LogP contribution in [0, 0.1) is 5.92 Å². The summed E-state index contributed by atoms with van der Waals surface area (Å²) in [7, 11) is -1.14. The zero-order chi connectivity index (χ0) is 14.0. The van der Waals surface area contributed by atoms with Gasteiger partial charge >= 0.3 is 0 Å². The zero-order valence-electron chi connectivity index (χ0n) is 10.6. The van der Waals surface area contributed by atoms with Crippen molar-refractivity contribution in [3.8, 4) is 0 Å². The molecule has 1 aromatic heterocycles. The van der Waals surface area contributed by atoms with E-state index in [9.17, 15) is 13.2 Å². The van der Waals surface area contributed by atoms with Crippen LogP contribution in [0.25, 0.3) is 0 Å². The standard InChI is InChI=1S/C12H16BrNO3S2/c1-14(6-10-4-11(13)18-7-10)12(15)5-9-2-3-19(16,17)8-9/h4,7,9H,2-3,5-6,8H2,1H3. The Morgan fingerprint density at radius 2 is 2.32 bits per heavy atom. The summed E-state index contributed by atoms with van der Waals surface area (Å²) in [5, 5.41) is 2.01. The summed E-state index contributed by atoms with van der Waals surface area (Å²) in [4.78, 5) is 13.7. The molecule has 19 heavy (non-hydrogen) atoms. The molecule has 1 aromatic rings. The Kier molecular flexibility index (Phi) is 4.68. The van der Waals surface area contributed by atoms with Crippen molar-refractivity contribution in [1.82, 2.24) is 4.90 Å². The third kappa shape index (κ3) is 4.29. The second kappa shape index (κ2) is 5.93. The second-order valence-corrected chi connectivity index (χ2v) is 9.50. The Balaban J connectivity index is 1.86. The van der Waals surface area contributed by atoms with Crippen molar-refractivity contribution in [2.45, 2.75) is 19.4 Å². The van der Waals surface area contributed by atoms with Gasteiger partial charge in [-0.05, 0) is 45.3 Å². The van der Waals surface area contributed by atoms with E-state index < -0.39 is 9.84 Å². The van der Waals surface area contributed by atoms with E-state index in [1.165, 1.54) is 0 Å². The van der Waals surface area contributed by atoms with Crippen molar-refractivity contribution >= 4 is 43.0 Å². The highest BCUT2D eigenvalue weighted by molar-refractivity contribution is 9.11. The van der Waals surface area contributed by atoms with Crippen molar-refractivity contribution in [1.29, 1.82) is 0 Å². The first-order chi connectivity index (χ1) is 8.85. The number of halogens is 1. The molecule has 1 fully saturated rings. The molecule has 1 atom stereocenters. The average molecular weight is 366 g/mol. The molecular formula is C12H16BrNO3S2. The second-order valence-electron chi connectivity index (χ2n) is 4.98. The number of nitrogens with zero attached hydrogens (tertiary/aromatic N) is 1. The first kappa shape index (κ1) is 15.0. The highest BCUT2D eigenvalue weighted by Gasteiger charge is 2.30. The quantitative estimate of drug-likeness (QED) is 0.822. The number of carbonyl (C=O) groups is 1. The van der Waals surface area contributed by atoms with Crippen molar-refractivity contribution in [2.24, 2.45) is 5.92 Å². The summed E-state index contributed by atoms with van der Waals surface area (Å²) in [6.07, 6.45) is 0.951. The lowest BCUT2D eigenvalue weighted by Gasteiger charge is -2.18. The molecule has 0 spiro atoms. The molecule has 0 aliphatic carbocycles. The number of amides is 1. The van der Waals surface area contributed by atoms with Crippen LogP contribution in [0.2, 0.25) is 0 Å². The zero-order valence-corrected chi connectivity index (χ0v) is 13.9. The van der Waals surface area contributed by atoms with Crippen molar-refractivity contribution < 1.29 is 13.2 Å². The number of hydrogen-bond donors (Lipinski definition) is 0. The summed E-state index contributed by atoms with van der Waals surface area (Å²) in [6.45, 7) is 0.570. The van der Waals surface area contributed by atoms with E-state index in [-0.39, 0.29) is 23.3 Å². The van der Waals surface area contributed by atoms with Gasteiger partial charge in [0.25, 0.3) is 0 Å².